The smallest absolute Gasteiger partial charge is 0.0465 e. The molecule has 8 heavy (non-hydrogen) atoms. The van der Waals surface area contributed by atoms with E-state index < -0.39 is 0 Å². The highest BCUT2D eigenvalue weighted by Crippen LogP contribution is 2.62. The van der Waals surface area contributed by atoms with Crippen molar-refractivity contribution in [1.82, 2.24) is 0 Å². The summed E-state index contributed by atoms with van der Waals surface area (Å²) >= 11 is 2.01. The second-order valence-corrected chi connectivity index (χ2v) is 3.92. The molecule has 0 bridgehead atoms. The highest BCUT2D eigenvalue weighted by atomic mass is 32.2. The number of hydrogen-bond acceptors (Lipinski definition) is 2. The molecule has 1 aliphatic carbocycles. The lowest BCUT2D eigenvalue weighted by Gasteiger charge is -2.25. The first-order chi connectivity index (χ1) is 3.87. The zero-order valence-electron chi connectivity index (χ0n) is 4.76. The number of hydrogen-bond donors (Lipinski definition) is 1. The van der Waals surface area contributed by atoms with E-state index in [0.29, 0.717) is 17.9 Å². The Morgan fingerprint density at radius 1 is 1.62 bits per heavy atom. The van der Waals surface area contributed by atoms with E-state index in [1.54, 1.807) is 0 Å². The van der Waals surface area contributed by atoms with E-state index >= 15 is 0 Å². The van der Waals surface area contributed by atoms with Crippen LogP contribution in [-0.2, 0) is 0 Å². The highest BCUT2D eigenvalue weighted by molar-refractivity contribution is 8.00. The van der Waals surface area contributed by atoms with Crippen LogP contribution in [0.25, 0.3) is 0 Å². The fourth-order valence-corrected chi connectivity index (χ4v) is 2.84. The molecule has 46 valence electrons. The average molecular weight is 130 g/mol. The largest absolute Gasteiger partial charge is 0.396 e. The minimum absolute atomic E-state index is 0.431. The predicted molar refractivity (Wildman–Crippen MR) is 35.0 cm³/mol. The van der Waals surface area contributed by atoms with Crippen molar-refractivity contribution in [2.24, 2.45) is 11.3 Å². The Hall–Kier alpha value is 0.310. The molecule has 0 aromatic heterocycles. The summed E-state index contributed by atoms with van der Waals surface area (Å²) in [7, 11) is 0. The van der Waals surface area contributed by atoms with Gasteiger partial charge < -0.3 is 5.11 Å². The van der Waals surface area contributed by atoms with Crippen LogP contribution in [0.3, 0.4) is 0 Å². The van der Waals surface area contributed by atoms with Crippen molar-refractivity contribution < 1.29 is 5.11 Å². The molecule has 1 N–H and O–H groups in total. The Bertz CT molecular complexity index is 109. The fraction of sp³-hybridized carbons (Fsp3) is 1.00. The van der Waals surface area contributed by atoms with E-state index in [1.807, 2.05) is 11.8 Å². The Morgan fingerprint density at radius 3 is 2.50 bits per heavy atom. The highest BCUT2D eigenvalue weighted by Gasteiger charge is 2.57. The average Bonchev–Trinajstić information content (AvgIpc) is 2.36. The molecule has 2 heteroatoms. The van der Waals surface area contributed by atoms with Crippen molar-refractivity contribution in [3.63, 3.8) is 0 Å². The molecule has 0 radical (unpaired) electrons. The zero-order chi connectivity index (χ0) is 5.61. The summed E-state index contributed by atoms with van der Waals surface area (Å²) in [5, 5.41) is 8.70. The molecule has 1 unspecified atom stereocenters. The van der Waals surface area contributed by atoms with Gasteiger partial charge in [-0.05, 0) is 17.8 Å². The lowest BCUT2D eigenvalue weighted by atomic mass is 10.1. The van der Waals surface area contributed by atoms with Gasteiger partial charge in [-0.15, -0.1) is 0 Å². The fourth-order valence-electron chi connectivity index (χ4n) is 1.41. The summed E-state index contributed by atoms with van der Waals surface area (Å²) in [6.45, 7) is 0.431. The first-order valence-corrected chi connectivity index (χ1v) is 4.21. The Labute approximate surface area is 53.5 Å². The van der Waals surface area contributed by atoms with Crippen molar-refractivity contribution in [2.45, 2.75) is 6.42 Å². The van der Waals surface area contributed by atoms with E-state index in [1.165, 1.54) is 17.9 Å². The Kier molecular flexibility index (Phi) is 0.910. The molecule has 1 aliphatic heterocycles. The van der Waals surface area contributed by atoms with Crippen molar-refractivity contribution in [3.8, 4) is 0 Å². The number of thioether (sulfide) groups is 1. The first-order valence-electron chi connectivity index (χ1n) is 3.06. The van der Waals surface area contributed by atoms with Gasteiger partial charge in [0.1, 0.15) is 0 Å². The monoisotopic (exact) mass is 130 g/mol. The topological polar surface area (TPSA) is 20.2 Å². The predicted octanol–water partition coefficient (Wildman–Crippen LogP) is 0.732. The number of rotatable bonds is 1. The van der Waals surface area contributed by atoms with E-state index in [9.17, 15) is 0 Å². The molecular weight excluding hydrogens is 120 g/mol. The summed E-state index contributed by atoms with van der Waals surface area (Å²) in [4.78, 5) is 0. The van der Waals surface area contributed by atoms with E-state index in [-0.39, 0.29) is 0 Å². The number of aliphatic hydroxyl groups excluding tert-OH is 1. The molecule has 2 rings (SSSR count). The van der Waals surface area contributed by atoms with Crippen LogP contribution in [-0.4, -0.2) is 23.2 Å². The van der Waals surface area contributed by atoms with Crippen LogP contribution < -0.4 is 0 Å². The summed E-state index contributed by atoms with van der Waals surface area (Å²) in [5.41, 5.74) is 0.652. The SMILES string of the molecule is OCC1CC12CSC2. The van der Waals surface area contributed by atoms with Crippen molar-refractivity contribution >= 4 is 11.8 Å². The van der Waals surface area contributed by atoms with Gasteiger partial charge in [0.15, 0.2) is 0 Å². The minimum atomic E-state index is 0.431. The molecular formula is C6H10OS. The maximum Gasteiger partial charge on any atom is 0.0465 e. The molecule has 0 amide bonds. The van der Waals surface area contributed by atoms with Crippen molar-refractivity contribution in [3.05, 3.63) is 0 Å². The van der Waals surface area contributed by atoms with E-state index in [0.717, 1.165) is 0 Å². The molecule has 0 aromatic carbocycles. The normalized spacial score (nSPS) is 39.4. The van der Waals surface area contributed by atoms with Crippen LogP contribution in [0.2, 0.25) is 0 Å². The van der Waals surface area contributed by atoms with E-state index in [4.69, 9.17) is 5.11 Å². The van der Waals surface area contributed by atoms with Crippen molar-refractivity contribution in [2.75, 3.05) is 18.1 Å². The summed E-state index contributed by atoms with van der Waals surface area (Å²) in [6, 6.07) is 0. The van der Waals surface area contributed by atoms with Gasteiger partial charge in [-0.3, -0.25) is 0 Å². The summed E-state index contributed by atoms with van der Waals surface area (Å²) < 4.78 is 0. The van der Waals surface area contributed by atoms with Crippen LogP contribution in [0, 0.1) is 11.3 Å². The van der Waals surface area contributed by atoms with Crippen LogP contribution in [0.15, 0.2) is 0 Å². The second kappa shape index (κ2) is 1.42. The first kappa shape index (κ1) is 5.12. The Balaban J connectivity index is 1.93. The molecule has 1 heterocycles. The summed E-state index contributed by atoms with van der Waals surface area (Å²) in [6.07, 6.45) is 1.30. The third-order valence-corrected chi connectivity index (χ3v) is 3.92. The molecule has 1 saturated carbocycles. The van der Waals surface area contributed by atoms with Crippen LogP contribution in [0.4, 0.5) is 0 Å². The van der Waals surface area contributed by atoms with Gasteiger partial charge >= 0.3 is 0 Å². The van der Waals surface area contributed by atoms with Gasteiger partial charge in [-0.2, -0.15) is 11.8 Å². The standard InChI is InChI=1S/C6H10OS/c7-2-5-1-6(5)3-8-4-6/h5,7H,1-4H2. The van der Waals surface area contributed by atoms with Gasteiger partial charge in [-0.25, -0.2) is 0 Å². The maximum atomic E-state index is 8.70. The van der Waals surface area contributed by atoms with Crippen molar-refractivity contribution in [1.29, 1.82) is 0 Å². The summed E-state index contributed by atoms with van der Waals surface area (Å²) in [5.74, 6) is 3.32. The van der Waals surface area contributed by atoms with Gasteiger partial charge in [-0.1, -0.05) is 0 Å². The molecule has 0 aromatic rings. The molecule has 1 nitrogen and oxygen atoms in total. The van der Waals surface area contributed by atoms with Crippen LogP contribution in [0.5, 0.6) is 0 Å². The van der Waals surface area contributed by atoms with Crippen LogP contribution in [0.1, 0.15) is 6.42 Å². The zero-order valence-corrected chi connectivity index (χ0v) is 5.58. The third-order valence-electron chi connectivity index (χ3n) is 2.36. The molecule has 1 spiro atoms. The van der Waals surface area contributed by atoms with Gasteiger partial charge in [0.25, 0.3) is 0 Å². The second-order valence-electron chi connectivity index (χ2n) is 2.94. The minimum Gasteiger partial charge on any atom is -0.396 e. The van der Waals surface area contributed by atoms with Gasteiger partial charge in [0.05, 0.1) is 0 Å². The Morgan fingerprint density at radius 2 is 2.38 bits per heavy atom. The lowest BCUT2D eigenvalue weighted by Crippen LogP contribution is -2.22. The molecule has 2 fully saturated rings. The molecule has 1 saturated heterocycles. The molecule has 2 aliphatic rings. The van der Waals surface area contributed by atoms with E-state index in [2.05, 4.69) is 0 Å². The quantitative estimate of drug-likeness (QED) is 0.564. The lowest BCUT2D eigenvalue weighted by molar-refractivity contribution is 0.257. The van der Waals surface area contributed by atoms with Crippen LogP contribution >= 0.6 is 11.8 Å². The maximum absolute atomic E-state index is 8.70. The van der Waals surface area contributed by atoms with Gasteiger partial charge in [0.2, 0.25) is 0 Å². The number of aliphatic hydroxyl groups is 1. The third kappa shape index (κ3) is 0.477. The van der Waals surface area contributed by atoms with Gasteiger partial charge in [0, 0.05) is 18.1 Å². The molecule has 1 atom stereocenters.